The van der Waals surface area contributed by atoms with Crippen LogP contribution < -0.4 is 5.32 Å². The maximum absolute atomic E-state index is 11.9. The molecule has 0 aromatic heterocycles. The van der Waals surface area contributed by atoms with Gasteiger partial charge in [0.2, 0.25) is 0 Å². The van der Waals surface area contributed by atoms with Crippen molar-refractivity contribution in [1.82, 2.24) is 5.32 Å². The molecule has 94 valence electrons. The van der Waals surface area contributed by atoms with Crippen molar-refractivity contribution in [2.45, 2.75) is 25.9 Å². The van der Waals surface area contributed by atoms with Gasteiger partial charge in [-0.15, -0.1) is 0 Å². The van der Waals surface area contributed by atoms with Gasteiger partial charge in [0.25, 0.3) is 5.91 Å². The summed E-state index contributed by atoms with van der Waals surface area (Å²) in [6, 6.07) is 4.87. The summed E-state index contributed by atoms with van der Waals surface area (Å²) in [6.07, 6.45) is 0.545. The summed E-state index contributed by atoms with van der Waals surface area (Å²) in [5.74, 6) is -0.380. The molecule has 0 aliphatic rings. The maximum Gasteiger partial charge on any atom is 0.254 e. The Morgan fingerprint density at radius 2 is 1.94 bits per heavy atom. The van der Waals surface area contributed by atoms with Crippen LogP contribution in [-0.4, -0.2) is 23.2 Å². The van der Waals surface area contributed by atoms with Gasteiger partial charge < -0.3 is 10.4 Å². The molecular formula is C12H15Cl2NO2. The molecule has 0 radical (unpaired) electrons. The van der Waals surface area contributed by atoms with Crippen LogP contribution in [0.25, 0.3) is 0 Å². The Bertz CT molecular complexity index is 399. The molecule has 1 unspecified atom stereocenters. The third kappa shape index (κ3) is 3.87. The smallest absolute Gasteiger partial charge is 0.254 e. The average molecular weight is 276 g/mol. The van der Waals surface area contributed by atoms with Gasteiger partial charge >= 0.3 is 0 Å². The fourth-order valence-corrected chi connectivity index (χ4v) is 1.77. The molecule has 1 atom stereocenters. The molecule has 0 aliphatic heterocycles. The number of halogens is 2. The number of nitrogens with one attached hydrogen (secondary N) is 1. The first-order valence-electron chi connectivity index (χ1n) is 5.32. The fraction of sp³-hybridized carbons (Fsp3) is 0.417. The zero-order valence-corrected chi connectivity index (χ0v) is 11.3. The van der Waals surface area contributed by atoms with Gasteiger partial charge in [0.05, 0.1) is 21.2 Å². The Kier molecular flexibility index (Phi) is 4.80. The van der Waals surface area contributed by atoms with Crippen LogP contribution in [0.5, 0.6) is 0 Å². The molecule has 3 nitrogen and oxygen atoms in total. The average Bonchev–Trinajstić information content (AvgIpc) is 2.26. The van der Waals surface area contributed by atoms with Crippen molar-refractivity contribution in [3.63, 3.8) is 0 Å². The lowest BCUT2D eigenvalue weighted by Crippen LogP contribution is -2.40. The van der Waals surface area contributed by atoms with Crippen LogP contribution in [0.1, 0.15) is 30.6 Å². The molecule has 5 heteroatoms. The number of carbonyl (C=O) groups is 1. The number of aliphatic hydroxyl groups is 1. The van der Waals surface area contributed by atoms with Gasteiger partial charge in [0.15, 0.2) is 0 Å². The van der Waals surface area contributed by atoms with Crippen molar-refractivity contribution in [1.29, 1.82) is 0 Å². The normalized spacial score (nSPS) is 14.2. The van der Waals surface area contributed by atoms with Crippen molar-refractivity contribution >= 4 is 29.1 Å². The molecule has 1 rings (SSSR count). The topological polar surface area (TPSA) is 49.3 Å². The summed E-state index contributed by atoms with van der Waals surface area (Å²) in [5, 5.41) is 13.0. The van der Waals surface area contributed by atoms with Crippen LogP contribution in [0, 0.1) is 0 Å². The monoisotopic (exact) mass is 275 g/mol. The molecule has 1 aromatic carbocycles. The van der Waals surface area contributed by atoms with Crippen molar-refractivity contribution in [3.05, 3.63) is 33.8 Å². The second-order valence-electron chi connectivity index (χ2n) is 4.13. The highest BCUT2D eigenvalue weighted by Gasteiger charge is 2.20. The minimum atomic E-state index is -0.927. The summed E-state index contributed by atoms with van der Waals surface area (Å²) in [5.41, 5.74) is -0.689. The maximum atomic E-state index is 11.9. The molecule has 0 spiro atoms. The third-order valence-electron chi connectivity index (χ3n) is 2.58. The molecule has 0 saturated carbocycles. The number of amides is 1. The second-order valence-corrected chi connectivity index (χ2v) is 4.94. The van der Waals surface area contributed by atoms with Crippen LogP contribution in [0.15, 0.2) is 18.2 Å². The van der Waals surface area contributed by atoms with Gasteiger partial charge in [-0.2, -0.15) is 0 Å². The summed E-state index contributed by atoms with van der Waals surface area (Å²) in [7, 11) is 0. The molecule has 1 amide bonds. The van der Waals surface area contributed by atoms with Crippen LogP contribution in [-0.2, 0) is 0 Å². The van der Waals surface area contributed by atoms with E-state index in [-0.39, 0.29) is 18.0 Å². The number of carbonyl (C=O) groups excluding carboxylic acids is 1. The molecular weight excluding hydrogens is 261 g/mol. The Morgan fingerprint density at radius 3 is 2.41 bits per heavy atom. The minimum absolute atomic E-state index is 0.157. The van der Waals surface area contributed by atoms with Crippen LogP contribution in [0.2, 0.25) is 10.0 Å². The van der Waals surface area contributed by atoms with Gasteiger partial charge in [-0.25, -0.2) is 0 Å². The number of rotatable bonds is 4. The van der Waals surface area contributed by atoms with E-state index in [2.05, 4.69) is 5.32 Å². The Balaban J connectivity index is 2.78. The first kappa shape index (κ1) is 14.3. The lowest BCUT2D eigenvalue weighted by Gasteiger charge is -2.21. The highest BCUT2D eigenvalue weighted by Crippen LogP contribution is 2.24. The van der Waals surface area contributed by atoms with Crippen LogP contribution in [0.3, 0.4) is 0 Å². The molecule has 0 heterocycles. The van der Waals surface area contributed by atoms with E-state index in [1.807, 2.05) is 6.92 Å². The molecule has 0 aliphatic carbocycles. The van der Waals surface area contributed by atoms with Crippen molar-refractivity contribution in [2.75, 3.05) is 6.54 Å². The highest BCUT2D eigenvalue weighted by atomic mass is 35.5. The number of benzene rings is 1. The molecule has 0 fully saturated rings. The van der Waals surface area contributed by atoms with Crippen LogP contribution in [0.4, 0.5) is 0 Å². The minimum Gasteiger partial charge on any atom is -0.388 e. The van der Waals surface area contributed by atoms with E-state index in [4.69, 9.17) is 23.2 Å². The van der Waals surface area contributed by atoms with E-state index in [9.17, 15) is 9.90 Å². The predicted molar refractivity (Wildman–Crippen MR) is 69.7 cm³/mol. The zero-order chi connectivity index (χ0) is 13.1. The number of hydrogen-bond donors (Lipinski definition) is 2. The van der Waals surface area contributed by atoms with E-state index >= 15 is 0 Å². The zero-order valence-electron chi connectivity index (χ0n) is 9.76. The van der Waals surface area contributed by atoms with Crippen molar-refractivity contribution in [3.8, 4) is 0 Å². The molecule has 2 N–H and O–H groups in total. The summed E-state index contributed by atoms with van der Waals surface area (Å²) < 4.78 is 0. The predicted octanol–water partition coefficient (Wildman–Crippen LogP) is 2.88. The molecule has 0 bridgehead atoms. The van der Waals surface area contributed by atoms with Gasteiger partial charge in [-0.1, -0.05) is 36.2 Å². The summed E-state index contributed by atoms with van der Waals surface area (Å²) >= 11 is 11.8. The van der Waals surface area contributed by atoms with E-state index in [0.29, 0.717) is 16.5 Å². The Morgan fingerprint density at radius 1 is 1.41 bits per heavy atom. The van der Waals surface area contributed by atoms with E-state index in [0.717, 1.165) is 0 Å². The van der Waals surface area contributed by atoms with Gasteiger partial charge in [-0.05, 0) is 25.5 Å². The first-order chi connectivity index (χ1) is 7.87. The standard InChI is InChI=1S/C12H15Cl2NO2/c1-3-12(2,17)7-15-11(16)10-8(13)5-4-6-9(10)14/h4-6,17H,3,7H2,1-2H3,(H,15,16). The lowest BCUT2D eigenvalue weighted by atomic mass is 10.0. The van der Waals surface area contributed by atoms with Crippen molar-refractivity contribution in [2.24, 2.45) is 0 Å². The number of hydrogen-bond acceptors (Lipinski definition) is 2. The van der Waals surface area contributed by atoms with E-state index < -0.39 is 5.60 Å². The quantitative estimate of drug-likeness (QED) is 0.888. The highest BCUT2D eigenvalue weighted by molar-refractivity contribution is 6.39. The summed E-state index contributed by atoms with van der Waals surface area (Å²) in [6.45, 7) is 3.65. The first-order valence-corrected chi connectivity index (χ1v) is 6.07. The summed E-state index contributed by atoms with van der Waals surface area (Å²) in [4.78, 5) is 11.9. The van der Waals surface area contributed by atoms with Gasteiger partial charge in [0.1, 0.15) is 0 Å². The molecule has 1 aromatic rings. The van der Waals surface area contributed by atoms with Gasteiger partial charge in [0, 0.05) is 6.54 Å². The largest absolute Gasteiger partial charge is 0.388 e. The second kappa shape index (κ2) is 5.71. The van der Waals surface area contributed by atoms with Crippen LogP contribution >= 0.6 is 23.2 Å². The van der Waals surface area contributed by atoms with E-state index in [1.54, 1.807) is 25.1 Å². The van der Waals surface area contributed by atoms with Crippen molar-refractivity contribution < 1.29 is 9.90 Å². The molecule has 0 saturated heterocycles. The Hall–Kier alpha value is -0.770. The Labute approximate surface area is 111 Å². The molecule has 17 heavy (non-hydrogen) atoms. The third-order valence-corrected chi connectivity index (χ3v) is 3.21. The van der Waals surface area contributed by atoms with E-state index in [1.165, 1.54) is 0 Å². The van der Waals surface area contributed by atoms with Gasteiger partial charge in [-0.3, -0.25) is 4.79 Å². The fourth-order valence-electron chi connectivity index (χ4n) is 1.20. The lowest BCUT2D eigenvalue weighted by molar-refractivity contribution is 0.0518. The SMILES string of the molecule is CCC(C)(O)CNC(=O)c1c(Cl)cccc1Cl.